The predicted octanol–water partition coefficient (Wildman–Crippen LogP) is 2.56. The summed E-state index contributed by atoms with van der Waals surface area (Å²) in [5.74, 6) is 0.693. The zero-order chi connectivity index (χ0) is 16.2. The number of hydrogen-bond donors (Lipinski definition) is 0. The molecule has 6 heteroatoms. The van der Waals surface area contributed by atoms with Crippen LogP contribution in [0.2, 0.25) is 0 Å². The standard InChI is InChI=1S/C17H23N3O2S/c1-13-10-19(16(21)9-14-5-3-2-4-6-14)7-8-20(13)17(22)15-11-23-12-18-15/h2-3,11-14H,4-10H2,1H3/t13-,14?/m0/s1. The van der Waals surface area contributed by atoms with E-state index >= 15 is 0 Å². The molecule has 0 spiro atoms. The number of allylic oxidation sites excluding steroid dienone is 2. The number of hydrogen-bond acceptors (Lipinski definition) is 4. The third kappa shape index (κ3) is 3.80. The molecule has 0 radical (unpaired) electrons. The monoisotopic (exact) mass is 333 g/mol. The summed E-state index contributed by atoms with van der Waals surface area (Å²) in [6.07, 6.45) is 8.24. The molecular formula is C17H23N3O2S. The van der Waals surface area contributed by atoms with E-state index in [0.29, 0.717) is 37.7 Å². The number of carbonyl (C=O) groups excluding carboxylic acids is 2. The van der Waals surface area contributed by atoms with E-state index < -0.39 is 0 Å². The van der Waals surface area contributed by atoms with E-state index in [9.17, 15) is 9.59 Å². The minimum absolute atomic E-state index is 0.0248. The van der Waals surface area contributed by atoms with Crippen molar-refractivity contribution in [1.82, 2.24) is 14.8 Å². The van der Waals surface area contributed by atoms with Crippen LogP contribution in [0.25, 0.3) is 0 Å². The molecule has 0 N–H and O–H groups in total. The van der Waals surface area contributed by atoms with Crippen molar-refractivity contribution < 1.29 is 9.59 Å². The molecule has 1 unspecified atom stereocenters. The first-order valence-electron chi connectivity index (χ1n) is 8.27. The second-order valence-corrected chi connectivity index (χ2v) is 7.13. The zero-order valence-electron chi connectivity index (χ0n) is 13.5. The normalized spacial score (nSPS) is 24.7. The highest BCUT2D eigenvalue weighted by Gasteiger charge is 2.31. The molecule has 2 atom stereocenters. The molecule has 5 nitrogen and oxygen atoms in total. The number of rotatable bonds is 3. The molecule has 3 rings (SSSR count). The van der Waals surface area contributed by atoms with Crippen LogP contribution in [-0.4, -0.2) is 52.3 Å². The summed E-state index contributed by atoms with van der Waals surface area (Å²) in [4.78, 5) is 32.8. The van der Waals surface area contributed by atoms with Crippen LogP contribution in [0.15, 0.2) is 23.0 Å². The molecule has 2 aliphatic rings. The van der Waals surface area contributed by atoms with Crippen LogP contribution in [0.3, 0.4) is 0 Å². The van der Waals surface area contributed by atoms with Gasteiger partial charge in [-0.2, -0.15) is 0 Å². The second-order valence-electron chi connectivity index (χ2n) is 6.42. The molecule has 2 heterocycles. The van der Waals surface area contributed by atoms with E-state index in [1.807, 2.05) is 16.7 Å². The minimum Gasteiger partial charge on any atom is -0.339 e. The van der Waals surface area contributed by atoms with Crippen LogP contribution in [0.1, 0.15) is 43.1 Å². The third-order valence-corrected chi connectivity index (χ3v) is 5.32. The maximum absolute atomic E-state index is 12.5. The fourth-order valence-electron chi connectivity index (χ4n) is 3.37. The summed E-state index contributed by atoms with van der Waals surface area (Å²) in [6, 6.07) is 0.0353. The number of piperazine rings is 1. The van der Waals surface area contributed by atoms with Crippen molar-refractivity contribution in [1.29, 1.82) is 0 Å². The van der Waals surface area contributed by atoms with Gasteiger partial charge >= 0.3 is 0 Å². The average molecular weight is 333 g/mol. The Balaban J connectivity index is 1.54. The van der Waals surface area contributed by atoms with Crippen molar-refractivity contribution in [2.45, 2.75) is 38.6 Å². The lowest BCUT2D eigenvalue weighted by Gasteiger charge is -2.40. The van der Waals surface area contributed by atoms with Crippen LogP contribution in [-0.2, 0) is 4.79 Å². The largest absolute Gasteiger partial charge is 0.339 e. The van der Waals surface area contributed by atoms with Gasteiger partial charge in [0.15, 0.2) is 0 Å². The average Bonchev–Trinajstić information content (AvgIpc) is 3.09. The van der Waals surface area contributed by atoms with Gasteiger partial charge in [-0.1, -0.05) is 12.2 Å². The maximum Gasteiger partial charge on any atom is 0.273 e. The molecule has 0 aromatic carbocycles. The van der Waals surface area contributed by atoms with Crippen molar-refractivity contribution in [3.8, 4) is 0 Å². The molecule has 1 aliphatic carbocycles. The Bertz CT molecular complexity index is 585. The van der Waals surface area contributed by atoms with Gasteiger partial charge in [0.2, 0.25) is 5.91 Å². The Hall–Kier alpha value is -1.69. The molecule has 1 fully saturated rings. The molecule has 1 saturated heterocycles. The highest BCUT2D eigenvalue weighted by molar-refractivity contribution is 7.07. The van der Waals surface area contributed by atoms with Crippen LogP contribution in [0.4, 0.5) is 0 Å². The quantitative estimate of drug-likeness (QED) is 0.799. The second kappa shape index (κ2) is 7.25. The summed E-state index contributed by atoms with van der Waals surface area (Å²) < 4.78 is 0. The van der Waals surface area contributed by atoms with E-state index in [2.05, 4.69) is 17.1 Å². The number of aromatic nitrogens is 1. The van der Waals surface area contributed by atoms with Gasteiger partial charge in [0.1, 0.15) is 5.69 Å². The highest BCUT2D eigenvalue weighted by atomic mass is 32.1. The SMILES string of the molecule is C[C@H]1CN(C(=O)CC2CC=CCC2)CCN1C(=O)c1cscn1. The first-order valence-corrected chi connectivity index (χ1v) is 9.21. The molecule has 124 valence electrons. The summed E-state index contributed by atoms with van der Waals surface area (Å²) in [7, 11) is 0. The molecule has 1 aromatic heterocycles. The van der Waals surface area contributed by atoms with E-state index in [0.717, 1.165) is 19.3 Å². The number of carbonyl (C=O) groups is 2. The van der Waals surface area contributed by atoms with Gasteiger partial charge < -0.3 is 9.80 Å². The van der Waals surface area contributed by atoms with E-state index in [4.69, 9.17) is 0 Å². The molecule has 0 saturated carbocycles. The molecule has 2 amide bonds. The number of thiazole rings is 1. The van der Waals surface area contributed by atoms with Crippen molar-refractivity contribution in [2.24, 2.45) is 5.92 Å². The van der Waals surface area contributed by atoms with Gasteiger partial charge in [0.05, 0.1) is 5.51 Å². The van der Waals surface area contributed by atoms with E-state index in [1.165, 1.54) is 11.3 Å². The summed E-state index contributed by atoms with van der Waals surface area (Å²) in [5, 5.41) is 1.78. The van der Waals surface area contributed by atoms with Gasteiger partial charge in [0, 0.05) is 37.5 Å². The lowest BCUT2D eigenvalue weighted by Crippen LogP contribution is -2.55. The lowest BCUT2D eigenvalue weighted by molar-refractivity contribution is -0.134. The number of nitrogens with zero attached hydrogens (tertiary/aromatic N) is 3. The van der Waals surface area contributed by atoms with Crippen LogP contribution < -0.4 is 0 Å². The summed E-state index contributed by atoms with van der Waals surface area (Å²) in [5.41, 5.74) is 2.19. The van der Waals surface area contributed by atoms with E-state index in [-0.39, 0.29) is 17.9 Å². The summed E-state index contributed by atoms with van der Waals surface area (Å²) >= 11 is 1.43. The maximum atomic E-state index is 12.5. The Labute approximate surface area is 141 Å². The van der Waals surface area contributed by atoms with Crippen molar-refractivity contribution in [2.75, 3.05) is 19.6 Å². The van der Waals surface area contributed by atoms with Gasteiger partial charge in [-0.3, -0.25) is 9.59 Å². The molecular weight excluding hydrogens is 310 g/mol. The molecule has 0 bridgehead atoms. The fourth-order valence-corrected chi connectivity index (χ4v) is 3.89. The van der Waals surface area contributed by atoms with Crippen LogP contribution >= 0.6 is 11.3 Å². The zero-order valence-corrected chi connectivity index (χ0v) is 14.3. The Morgan fingerprint density at radius 1 is 1.35 bits per heavy atom. The van der Waals surface area contributed by atoms with Crippen LogP contribution in [0, 0.1) is 5.92 Å². The Kier molecular flexibility index (Phi) is 5.10. The topological polar surface area (TPSA) is 53.5 Å². The van der Waals surface area contributed by atoms with Crippen molar-refractivity contribution in [3.05, 3.63) is 28.7 Å². The molecule has 1 aromatic rings. The Morgan fingerprint density at radius 2 is 2.22 bits per heavy atom. The predicted molar refractivity (Wildman–Crippen MR) is 90.3 cm³/mol. The van der Waals surface area contributed by atoms with Crippen molar-refractivity contribution >= 4 is 23.2 Å². The lowest BCUT2D eigenvalue weighted by atomic mass is 9.91. The smallest absolute Gasteiger partial charge is 0.273 e. The Morgan fingerprint density at radius 3 is 2.87 bits per heavy atom. The third-order valence-electron chi connectivity index (χ3n) is 4.73. The van der Waals surface area contributed by atoms with Gasteiger partial charge in [0.25, 0.3) is 5.91 Å². The van der Waals surface area contributed by atoms with Crippen LogP contribution in [0.5, 0.6) is 0 Å². The van der Waals surface area contributed by atoms with Gasteiger partial charge in [-0.25, -0.2) is 4.98 Å². The number of amides is 2. The van der Waals surface area contributed by atoms with Gasteiger partial charge in [-0.05, 0) is 32.1 Å². The van der Waals surface area contributed by atoms with Gasteiger partial charge in [-0.15, -0.1) is 11.3 Å². The summed E-state index contributed by atoms with van der Waals surface area (Å²) in [6.45, 7) is 3.85. The highest BCUT2D eigenvalue weighted by Crippen LogP contribution is 2.23. The van der Waals surface area contributed by atoms with Crippen molar-refractivity contribution in [3.63, 3.8) is 0 Å². The molecule has 23 heavy (non-hydrogen) atoms. The minimum atomic E-state index is -0.0248. The van der Waals surface area contributed by atoms with E-state index in [1.54, 1.807) is 10.9 Å². The first-order chi connectivity index (χ1) is 11.1. The fraction of sp³-hybridized carbons (Fsp3) is 0.588. The molecule has 1 aliphatic heterocycles. The first kappa shape index (κ1) is 16.2.